The summed E-state index contributed by atoms with van der Waals surface area (Å²) in [6.45, 7) is 1.99. The predicted molar refractivity (Wildman–Crippen MR) is 168 cm³/mol. The lowest BCUT2D eigenvalue weighted by atomic mass is 9.58. The Hall–Kier alpha value is -3.93. The minimum Gasteiger partial charge on any atom is -0.489 e. The van der Waals surface area contributed by atoms with Gasteiger partial charge in [-0.3, -0.25) is 14.5 Å². The van der Waals surface area contributed by atoms with E-state index in [1.807, 2.05) is 43.3 Å². The average molecular weight is 611 g/mol. The number of aliphatic hydroxyl groups is 1. The number of fused-ring (bicyclic) bond motifs is 3. The van der Waals surface area contributed by atoms with Gasteiger partial charge in [-0.15, -0.1) is 0 Å². The zero-order valence-electron chi connectivity index (χ0n) is 24.9. The molecule has 2 aromatic carbocycles. The van der Waals surface area contributed by atoms with Crippen LogP contribution in [0.2, 0.25) is 6.32 Å². The fourth-order valence-electron chi connectivity index (χ4n) is 6.89. The van der Waals surface area contributed by atoms with Gasteiger partial charge >= 0.3 is 14.2 Å². The lowest BCUT2D eigenvalue weighted by Gasteiger charge is -2.43. The van der Waals surface area contributed by atoms with Crippen LogP contribution in [0.3, 0.4) is 0 Å². The zero-order valence-corrected chi connectivity index (χ0v) is 24.9. The summed E-state index contributed by atoms with van der Waals surface area (Å²) in [4.78, 5) is 29.1. The smallest absolute Gasteiger partial charge is 0.488 e. The topological polar surface area (TPSA) is 150 Å². The zero-order chi connectivity index (χ0) is 31.7. The minimum absolute atomic E-state index is 0.162. The van der Waals surface area contributed by atoms with Gasteiger partial charge in [0.15, 0.2) is 0 Å². The highest BCUT2D eigenvalue weighted by Crippen LogP contribution is 2.51. The van der Waals surface area contributed by atoms with Gasteiger partial charge in [0, 0.05) is 0 Å². The summed E-state index contributed by atoms with van der Waals surface area (Å²) in [5.41, 5.74) is 3.24. The van der Waals surface area contributed by atoms with Gasteiger partial charge in [0.2, 0.25) is 11.8 Å². The quantitative estimate of drug-likeness (QED) is 0.154. The van der Waals surface area contributed by atoms with Gasteiger partial charge < -0.3 is 34.0 Å². The first-order valence-corrected chi connectivity index (χ1v) is 15.2. The van der Waals surface area contributed by atoms with Crippen LogP contribution in [-0.2, 0) is 20.9 Å². The van der Waals surface area contributed by atoms with E-state index >= 15 is 0 Å². The van der Waals surface area contributed by atoms with Gasteiger partial charge in [0.25, 0.3) is 0 Å². The van der Waals surface area contributed by atoms with E-state index in [0.29, 0.717) is 36.5 Å². The minimum atomic E-state index is -1.75. The molecule has 45 heavy (non-hydrogen) atoms. The Morgan fingerprint density at radius 2 is 1.87 bits per heavy atom. The van der Waals surface area contributed by atoms with E-state index in [2.05, 4.69) is 0 Å². The molecular weight excluding hydrogens is 576 g/mol. The predicted octanol–water partition coefficient (Wildman–Crippen LogP) is 2.72. The number of carbonyl (C=O) groups excluding carboxylic acids is 2. The van der Waals surface area contributed by atoms with Crippen molar-refractivity contribution < 1.29 is 43.6 Å². The Balaban J connectivity index is 1.31. The lowest BCUT2D eigenvalue weighted by molar-refractivity contribution is -0.122. The summed E-state index contributed by atoms with van der Waals surface area (Å²) in [5.74, 6) is -0.755. The Morgan fingerprint density at radius 1 is 1.07 bits per heavy atom. The van der Waals surface area contributed by atoms with E-state index in [4.69, 9.17) is 13.8 Å². The third-order valence-electron chi connectivity index (χ3n) is 8.92. The molecule has 3 aliphatic rings. The molecule has 0 bridgehead atoms. The Labute approximate surface area is 261 Å². The Kier molecular flexibility index (Phi) is 9.11. The normalized spacial score (nSPS) is 23.4. The number of imide groups is 1. The molecule has 0 radical (unpaired) electrons. The molecule has 0 saturated carbocycles. The molecule has 6 rings (SSSR count). The van der Waals surface area contributed by atoms with Crippen molar-refractivity contribution in [1.82, 2.24) is 0 Å². The number of amides is 2. The molecule has 0 spiro atoms. The van der Waals surface area contributed by atoms with Gasteiger partial charge in [-0.05, 0) is 97.5 Å². The maximum absolute atomic E-state index is 14.0. The second-order valence-electron chi connectivity index (χ2n) is 11.9. The lowest BCUT2D eigenvalue weighted by Crippen LogP contribution is -2.46. The van der Waals surface area contributed by atoms with Crippen LogP contribution in [0, 0.1) is 17.8 Å². The van der Waals surface area contributed by atoms with Crippen molar-refractivity contribution in [3.05, 3.63) is 95.0 Å². The number of allylic oxidation sites excluding steroid dienone is 1. The van der Waals surface area contributed by atoms with Gasteiger partial charge in [0.1, 0.15) is 30.5 Å². The average Bonchev–Trinajstić information content (AvgIpc) is 3.59. The Bertz CT molecular complexity index is 1620. The van der Waals surface area contributed by atoms with Crippen LogP contribution < -0.4 is 15.1 Å². The fourth-order valence-corrected chi connectivity index (χ4v) is 6.89. The molecule has 2 saturated heterocycles. The second kappa shape index (κ2) is 13.2. The first-order chi connectivity index (χ1) is 21.7. The summed E-state index contributed by atoms with van der Waals surface area (Å²) in [6.07, 6.45) is 2.98. The summed E-state index contributed by atoms with van der Waals surface area (Å²) in [6, 6.07) is 19.0. The van der Waals surface area contributed by atoms with E-state index in [1.165, 1.54) is 12.1 Å². The summed E-state index contributed by atoms with van der Waals surface area (Å²) >= 11 is 0. The number of para-hydroxylation sites is 1. The van der Waals surface area contributed by atoms with Crippen molar-refractivity contribution in [2.24, 2.45) is 17.8 Å². The monoisotopic (exact) mass is 611 g/mol. The largest absolute Gasteiger partial charge is 0.489 e. The highest BCUT2D eigenvalue weighted by atomic mass is 16.5. The SMILES string of the molecule is C/C(=C\c1ccc(CO)o1)CC[C@H]1OB(O)C[C@H]2C1=C(COc1ccccc1)C[C@H]1C(=O)N(c3cccc(B(O)O)c3)C(=O)[C@H]12. The molecule has 10 nitrogen and oxygen atoms in total. The number of aliphatic hydroxyl groups excluding tert-OH is 1. The molecule has 2 amide bonds. The van der Waals surface area contributed by atoms with E-state index < -0.39 is 38.1 Å². The van der Waals surface area contributed by atoms with Crippen LogP contribution in [0.4, 0.5) is 5.69 Å². The van der Waals surface area contributed by atoms with Crippen molar-refractivity contribution in [2.45, 2.75) is 45.2 Å². The van der Waals surface area contributed by atoms with Crippen LogP contribution in [0.1, 0.15) is 37.7 Å². The van der Waals surface area contributed by atoms with E-state index in [-0.39, 0.29) is 42.5 Å². The molecule has 3 aromatic rings. The molecule has 2 aliphatic heterocycles. The van der Waals surface area contributed by atoms with Gasteiger partial charge in [-0.1, -0.05) is 35.9 Å². The summed E-state index contributed by atoms with van der Waals surface area (Å²) < 4.78 is 17.9. The standard InChI is InChI=1S/C33H35B2NO9/c1-20(14-25-11-12-26(18-37)44-25)10-13-29-30-21(19-43-24-8-3-2-4-9-24)15-27-31(28(30)17-34(40)45-29)33(39)36(32(27)38)23-7-5-6-22(16-23)35(41)42/h2-9,11-12,14,16,27-29,31,37,40-42H,10,13,15,17-19H2,1H3/b20-14+/t27-,28+,29-,31-/m1/s1. The number of benzene rings is 2. The molecule has 12 heteroatoms. The van der Waals surface area contributed by atoms with Gasteiger partial charge in [-0.2, -0.15) is 0 Å². The van der Waals surface area contributed by atoms with Gasteiger partial charge in [0.05, 0.1) is 23.6 Å². The van der Waals surface area contributed by atoms with Crippen LogP contribution in [0.5, 0.6) is 5.75 Å². The first-order valence-electron chi connectivity index (χ1n) is 15.2. The molecular formula is C33H35B2NO9. The van der Waals surface area contributed by atoms with Crippen LogP contribution in [-0.4, -0.2) is 58.9 Å². The number of carbonyl (C=O) groups is 2. The number of hydrogen-bond donors (Lipinski definition) is 4. The molecule has 4 N–H and O–H groups in total. The number of anilines is 1. The van der Waals surface area contributed by atoms with Crippen molar-refractivity contribution in [1.29, 1.82) is 0 Å². The van der Waals surface area contributed by atoms with Crippen LogP contribution in [0.25, 0.3) is 6.08 Å². The number of nitrogens with zero attached hydrogens (tertiary/aromatic N) is 1. The summed E-state index contributed by atoms with van der Waals surface area (Å²) in [7, 11) is -2.87. The Morgan fingerprint density at radius 3 is 2.60 bits per heavy atom. The molecule has 1 aliphatic carbocycles. The molecule has 3 heterocycles. The van der Waals surface area contributed by atoms with Gasteiger partial charge in [-0.25, -0.2) is 0 Å². The molecule has 0 unspecified atom stereocenters. The van der Waals surface area contributed by atoms with Crippen LogP contribution in [0.15, 0.2) is 87.9 Å². The first kappa shape index (κ1) is 31.1. The van der Waals surface area contributed by atoms with E-state index in [0.717, 1.165) is 21.6 Å². The van der Waals surface area contributed by atoms with Crippen molar-refractivity contribution in [3.8, 4) is 5.75 Å². The molecule has 232 valence electrons. The van der Waals surface area contributed by atoms with E-state index in [9.17, 15) is 29.8 Å². The maximum Gasteiger partial charge on any atom is 0.488 e. The summed E-state index contributed by atoms with van der Waals surface area (Å²) in [5, 5.41) is 39.6. The highest BCUT2D eigenvalue weighted by molar-refractivity contribution is 6.58. The molecule has 1 aromatic heterocycles. The fraction of sp³-hybridized carbons (Fsp3) is 0.333. The number of furan rings is 1. The van der Waals surface area contributed by atoms with Crippen molar-refractivity contribution in [3.63, 3.8) is 0 Å². The second-order valence-corrected chi connectivity index (χ2v) is 11.9. The number of hydrogen-bond acceptors (Lipinski definition) is 9. The van der Waals surface area contributed by atoms with Crippen molar-refractivity contribution >= 4 is 43.3 Å². The van der Waals surface area contributed by atoms with E-state index in [1.54, 1.807) is 24.3 Å². The third kappa shape index (κ3) is 6.43. The molecule has 2 fully saturated rings. The highest BCUT2D eigenvalue weighted by Gasteiger charge is 2.57. The number of rotatable bonds is 10. The van der Waals surface area contributed by atoms with Crippen LogP contribution >= 0.6 is 0 Å². The third-order valence-corrected chi connectivity index (χ3v) is 8.92. The number of ether oxygens (including phenoxy) is 1. The van der Waals surface area contributed by atoms with Crippen molar-refractivity contribution in [2.75, 3.05) is 11.5 Å². The maximum atomic E-state index is 14.0. The molecule has 4 atom stereocenters.